The summed E-state index contributed by atoms with van der Waals surface area (Å²) in [4.78, 5) is 2.71. The topological polar surface area (TPSA) is 24.5 Å². The Kier molecular flexibility index (Phi) is 4.62. The van der Waals surface area contributed by atoms with Gasteiger partial charge in [-0.05, 0) is 45.2 Å². The van der Waals surface area contributed by atoms with Crippen molar-refractivity contribution >= 4 is 0 Å². The third-order valence-corrected chi connectivity index (χ3v) is 4.27. The highest BCUT2D eigenvalue weighted by molar-refractivity contribution is 4.91. The molecule has 0 spiro atoms. The van der Waals surface area contributed by atoms with Gasteiger partial charge in [-0.1, -0.05) is 6.42 Å². The zero-order valence-electron chi connectivity index (χ0n) is 10.7. The minimum atomic E-state index is 0.723. The van der Waals surface area contributed by atoms with Gasteiger partial charge >= 0.3 is 0 Å². The number of likely N-dealkylation sites (tertiary alicyclic amines) is 1. The van der Waals surface area contributed by atoms with Crippen LogP contribution in [0.4, 0.5) is 0 Å². The van der Waals surface area contributed by atoms with Crippen molar-refractivity contribution < 1.29 is 4.74 Å². The van der Waals surface area contributed by atoms with Crippen molar-refractivity contribution in [2.75, 3.05) is 33.9 Å². The predicted octanol–water partition coefficient (Wildman–Crippen LogP) is 1.49. The van der Waals surface area contributed by atoms with Crippen molar-refractivity contribution in [1.29, 1.82) is 0 Å². The molecular weight excluding hydrogens is 200 g/mol. The van der Waals surface area contributed by atoms with E-state index >= 15 is 0 Å². The molecule has 0 amide bonds. The number of hydrogen-bond acceptors (Lipinski definition) is 3. The van der Waals surface area contributed by atoms with E-state index in [0.29, 0.717) is 0 Å². The van der Waals surface area contributed by atoms with Crippen LogP contribution in [-0.4, -0.2) is 50.8 Å². The number of piperidine rings is 1. The summed E-state index contributed by atoms with van der Waals surface area (Å²) < 4.78 is 5.30. The molecule has 2 aliphatic rings. The van der Waals surface area contributed by atoms with E-state index in [1.54, 1.807) is 0 Å². The van der Waals surface area contributed by atoms with E-state index in [0.717, 1.165) is 24.6 Å². The van der Waals surface area contributed by atoms with Crippen LogP contribution in [0.1, 0.15) is 32.1 Å². The number of ether oxygens (including phenoxy) is 1. The van der Waals surface area contributed by atoms with Crippen LogP contribution in [0, 0.1) is 5.92 Å². The maximum Gasteiger partial charge on any atom is 0.0502 e. The van der Waals surface area contributed by atoms with Gasteiger partial charge in [0.2, 0.25) is 0 Å². The van der Waals surface area contributed by atoms with Crippen molar-refractivity contribution in [1.82, 2.24) is 10.2 Å². The summed E-state index contributed by atoms with van der Waals surface area (Å²) in [6, 6.07) is 1.51. The Labute approximate surface area is 99.5 Å². The minimum absolute atomic E-state index is 0.723. The van der Waals surface area contributed by atoms with Gasteiger partial charge in [-0.15, -0.1) is 0 Å². The van der Waals surface area contributed by atoms with E-state index in [2.05, 4.69) is 17.3 Å². The van der Waals surface area contributed by atoms with Crippen LogP contribution in [0.25, 0.3) is 0 Å². The molecule has 0 aromatic carbocycles. The molecule has 2 fully saturated rings. The summed E-state index contributed by atoms with van der Waals surface area (Å²) >= 11 is 0. The lowest BCUT2D eigenvalue weighted by molar-refractivity contribution is 0.0629. The number of nitrogens with one attached hydrogen (secondary N) is 1. The van der Waals surface area contributed by atoms with Gasteiger partial charge in [-0.25, -0.2) is 0 Å². The van der Waals surface area contributed by atoms with Gasteiger partial charge in [0.05, 0.1) is 6.61 Å². The van der Waals surface area contributed by atoms with Crippen molar-refractivity contribution in [3.05, 3.63) is 0 Å². The Balaban J connectivity index is 1.88. The lowest BCUT2D eigenvalue weighted by Gasteiger charge is -2.39. The molecular formula is C13H26N2O. The zero-order valence-corrected chi connectivity index (χ0v) is 10.7. The van der Waals surface area contributed by atoms with E-state index in [1.807, 2.05) is 7.11 Å². The maximum absolute atomic E-state index is 5.30. The highest BCUT2D eigenvalue weighted by atomic mass is 16.5. The fourth-order valence-electron chi connectivity index (χ4n) is 3.48. The fraction of sp³-hybridized carbons (Fsp3) is 1.00. The SMILES string of the molecule is CNC1CCCC1N1CCCC(COC)C1. The molecule has 1 saturated heterocycles. The van der Waals surface area contributed by atoms with E-state index in [1.165, 1.54) is 45.2 Å². The molecule has 0 aromatic rings. The van der Waals surface area contributed by atoms with Gasteiger partial charge in [0.15, 0.2) is 0 Å². The second-order valence-corrected chi connectivity index (χ2v) is 5.35. The lowest BCUT2D eigenvalue weighted by Crippen LogP contribution is -2.50. The van der Waals surface area contributed by atoms with Gasteiger partial charge < -0.3 is 10.1 Å². The standard InChI is InChI=1S/C13H26N2O/c1-14-12-6-3-7-13(12)15-8-4-5-11(9-15)10-16-2/h11-14H,3-10H2,1-2H3. The summed E-state index contributed by atoms with van der Waals surface area (Å²) in [5.74, 6) is 0.761. The van der Waals surface area contributed by atoms with Crippen LogP contribution in [0.15, 0.2) is 0 Å². The first-order chi connectivity index (χ1) is 7.85. The van der Waals surface area contributed by atoms with Crippen LogP contribution in [-0.2, 0) is 4.74 Å². The van der Waals surface area contributed by atoms with Crippen LogP contribution in [0.3, 0.4) is 0 Å². The van der Waals surface area contributed by atoms with Gasteiger partial charge in [0.25, 0.3) is 0 Å². The van der Waals surface area contributed by atoms with E-state index < -0.39 is 0 Å². The molecule has 1 aliphatic carbocycles. The Hall–Kier alpha value is -0.120. The van der Waals surface area contributed by atoms with E-state index in [9.17, 15) is 0 Å². The maximum atomic E-state index is 5.30. The molecule has 16 heavy (non-hydrogen) atoms. The minimum Gasteiger partial charge on any atom is -0.384 e. The van der Waals surface area contributed by atoms with E-state index in [-0.39, 0.29) is 0 Å². The lowest BCUT2D eigenvalue weighted by atomic mass is 9.96. The molecule has 2 rings (SSSR count). The third-order valence-electron chi connectivity index (χ3n) is 4.27. The Bertz CT molecular complexity index is 208. The Morgan fingerprint density at radius 1 is 1.25 bits per heavy atom. The molecule has 0 aromatic heterocycles. The first-order valence-electron chi connectivity index (χ1n) is 6.75. The Morgan fingerprint density at radius 2 is 2.12 bits per heavy atom. The molecule has 3 atom stereocenters. The predicted molar refractivity (Wildman–Crippen MR) is 66.7 cm³/mol. The average Bonchev–Trinajstić information content (AvgIpc) is 2.78. The number of methoxy groups -OCH3 is 1. The molecule has 1 heterocycles. The van der Waals surface area contributed by atoms with Crippen LogP contribution < -0.4 is 5.32 Å². The Morgan fingerprint density at radius 3 is 2.88 bits per heavy atom. The quantitative estimate of drug-likeness (QED) is 0.786. The van der Waals surface area contributed by atoms with Crippen molar-refractivity contribution in [3.8, 4) is 0 Å². The fourth-order valence-corrected chi connectivity index (χ4v) is 3.48. The summed E-state index contributed by atoms with van der Waals surface area (Å²) in [5.41, 5.74) is 0. The summed E-state index contributed by atoms with van der Waals surface area (Å²) in [6.45, 7) is 3.48. The first kappa shape index (κ1) is 12.3. The van der Waals surface area contributed by atoms with Crippen LogP contribution in [0.5, 0.6) is 0 Å². The highest BCUT2D eigenvalue weighted by Crippen LogP contribution is 2.28. The summed E-state index contributed by atoms with van der Waals surface area (Å²) in [6.07, 6.45) is 6.82. The second-order valence-electron chi connectivity index (χ2n) is 5.35. The molecule has 0 radical (unpaired) electrons. The molecule has 3 nitrogen and oxygen atoms in total. The first-order valence-corrected chi connectivity index (χ1v) is 6.75. The normalized spacial score (nSPS) is 36.8. The second kappa shape index (κ2) is 5.99. The average molecular weight is 226 g/mol. The molecule has 1 aliphatic heterocycles. The van der Waals surface area contributed by atoms with E-state index in [4.69, 9.17) is 4.74 Å². The van der Waals surface area contributed by atoms with Gasteiger partial charge in [-0.3, -0.25) is 4.90 Å². The zero-order chi connectivity index (χ0) is 11.4. The molecule has 3 unspecified atom stereocenters. The van der Waals surface area contributed by atoms with Gasteiger partial charge in [0, 0.05) is 25.7 Å². The number of nitrogens with zero attached hydrogens (tertiary/aromatic N) is 1. The van der Waals surface area contributed by atoms with Crippen molar-refractivity contribution in [2.45, 2.75) is 44.2 Å². The third kappa shape index (κ3) is 2.76. The molecule has 1 saturated carbocycles. The molecule has 1 N–H and O–H groups in total. The number of likely N-dealkylation sites (N-methyl/N-ethyl adjacent to an activating group) is 1. The van der Waals surface area contributed by atoms with Gasteiger partial charge in [0.1, 0.15) is 0 Å². The largest absolute Gasteiger partial charge is 0.384 e. The number of rotatable bonds is 4. The monoisotopic (exact) mass is 226 g/mol. The molecule has 0 bridgehead atoms. The van der Waals surface area contributed by atoms with Crippen LogP contribution in [0.2, 0.25) is 0 Å². The smallest absolute Gasteiger partial charge is 0.0502 e. The van der Waals surface area contributed by atoms with Crippen molar-refractivity contribution in [3.63, 3.8) is 0 Å². The number of hydrogen-bond donors (Lipinski definition) is 1. The van der Waals surface area contributed by atoms with Crippen molar-refractivity contribution in [2.24, 2.45) is 5.92 Å². The molecule has 3 heteroatoms. The van der Waals surface area contributed by atoms with Gasteiger partial charge in [-0.2, -0.15) is 0 Å². The summed E-state index contributed by atoms with van der Waals surface area (Å²) in [7, 11) is 3.94. The highest BCUT2D eigenvalue weighted by Gasteiger charge is 2.33. The summed E-state index contributed by atoms with van der Waals surface area (Å²) in [5, 5.41) is 3.49. The van der Waals surface area contributed by atoms with Crippen LogP contribution >= 0.6 is 0 Å². The molecule has 94 valence electrons.